The van der Waals surface area contributed by atoms with Crippen LogP contribution in [0.15, 0.2) is 30.5 Å². The molecule has 1 aliphatic rings. The molecule has 1 aliphatic carbocycles. The highest BCUT2D eigenvalue weighted by molar-refractivity contribution is 5.94. The van der Waals surface area contributed by atoms with Crippen molar-refractivity contribution in [2.45, 2.75) is 26.2 Å². The van der Waals surface area contributed by atoms with Crippen molar-refractivity contribution in [3.63, 3.8) is 0 Å². The van der Waals surface area contributed by atoms with Crippen molar-refractivity contribution in [1.82, 2.24) is 4.98 Å². The monoisotopic (exact) mass is 256 g/mol. The largest absolute Gasteiger partial charge is 0.361 e. The fraction of sp³-hybridized carbons (Fsp3) is 0.333. The Morgan fingerprint density at radius 1 is 1.42 bits per heavy atom. The summed E-state index contributed by atoms with van der Waals surface area (Å²) < 4.78 is 0. The van der Waals surface area contributed by atoms with E-state index in [9.17, 15) is 10.1 Å². The lowest BCUT2D eigenvalue weighted by atomic mass is 9.87. The molecule has 1 atom stereocenters. The summed E-state index contributed by atoms with van der Waals surface area (Å²) >= 11 is 0. The average Bonchev–Trinajstić information content (AvgIpc) is 2.82. The molecule has 1 heterocycles. The van der Waals surface area contributed by atoms with Crippen molar-refractivity contribution < 1.29 is 4.92 Å². The number of nitro groups is 1. The number of aromatic amines is 1. The number of hydrogen-bond donors (Lipinski definition) is 1. The fourth-order valence-corrected chi connectivity index (χ4v) is 2.70. The lowest BCUT2D eigenvalue weighted by Gasteiger charge is -2.17. The van der Waals surface area contributed by atoms with Gasteiger partial charge in [0.25, 0.3) is 5.69 Å². The van der Waals surface area contributed by atoms with Gasteiger partial charge >= 0.3 is 0 Å². The van der Waals surface area contributed by atoms with Gasteiger partial charge in [0.05, 0.1) is 4.92 Å². The SMILES string of the molecule is CC1CC=C(c2c[nH]c3ccc([N+](=O)[O-])cc23)CC1. The quantitative estimate of drug-likeness (QED) is 0.644. The Hall–Kier alpha value is -2.10. The Balaban J connectivity index is 2.09. The molecule has 1 aromatic heterocycles. The van der Waals surface area contributed by atoms with E-state index in [0.717, 1.165) is 35.2 Å². The zero-order valence-electron chi connectivity index (χ0n) is 10.8. The zero-order valence-corrected chi connectivity index (χ0v) is 10.8. The molecule has 0 bridgehead atoms. The lowest BCUT2D eigenvalue weighted by molar-refractivity contribution is -0.384. The molecular weight excluding hydrogens is 240 g/mol. The Labute approximate surface area is 111 Å². The third-order valence-corrected chi connectivity index (χ3v) is 3.90. The summed E-state index contributed by atoms with van der Waals surface area (Å²) in [5.74, 6) is 0.739. The van der Waals surface area contributed by atoms with Crippen LogP contribution in [0.25, 0.3) is 16.5 Å². The van der Waals surface area contributed by atoms with Crippen LogP contribution in [-0.4, -0.2) is 9.91 Å². The summed E-state index contributed by atoms with van der Waals surface area (Å²) in [7, 11) is 0. The Morgan fingerprint density at radius 2 is 2.26 bits per heavy atom. The number of allylic oxidation sites excluding steroid dienone is 2. The van der Waals surface area contributed by atoms with Gasteiger partial charge in [-0.05, 0) is 36.8 Å². The molecule has 0 aliphatic heterocycles. The van der Waals surface area contributed by atoms with Gasteiger partial charge in [-0.2, -0.15) is 0 Å². The fourth-order valence-electron chi connectivity index (χ4n) is 2.70. The van der Waals surface area contributed by atoms with Crippen molar-refractivity contribution in [3.05, 3.63) is 46.1 Å². The molecule has 0 saturated carbocycles. The summed E-state index contributed by atoms with van der Waals surface area (Å²) in [6, 6.07) is 4.99. The molecule has 1 aromatic carbocycles. The van der Waals surface area contributed by atoms with Crippen LogP contribution in [-0.2, 0) is 0 Å². The summed E-state index contributed by atoms with van der Waals surface area (Å²) in [6.07, 6.45) is 7.58. The van der Waals surface area contributed by atoms with Crippen LogP contribution < -0.4 is 0 Å². The van der Waals surface area contributed by atoms with Gasteiger partial charge in [-0.3, -0.25) is 10.1 Å². The number of rotatable bonds is 2. The Bertz CT molecular complexity index is 670. The van der Waals surface area contributed by atoms with Crippen molar-refractivity contribution in [1.29, 1.82) is 0 Å². The zero-order chi connectivity index (χ0) is 13.4. The number of non-ortho nitro benzene ring substituents is 1. The molecule has 0 saturated heterocycles. The van der Waals surface area contributed by atoms with Crippen molar-refractivity contribution in [2.75, 3.05) is 0 Å². The molecule has 4 nitrogen and oxygen atoms in total. The predicted octanol–water partition coefficient (Wildman–Crippen LogP) is 4.28. The molecule has 0 spiro atoms. The molecule has 1 unspecified atom stereocenters. The van der Waals surface area contributed by atoms with Gasteiger partial charge in [0, 0.05) is 34.8 Å². The normalized spacial score (nSPS) is 19.4. The maximum atomic E-state index is 10.9. The molecule has 19 heavy (non-hydrogen) atoms. The summed E-state index contributed by atoms with van der Waals surface area (Å²) in [5, 5.41) is 11.8. The number of nitrogens with one attached hydrogen (secondary N) is 1. The molecule has 0 amide bonds. The van der Waals surface area contributed by atoms with E-state index in [2.05, 4.69) is 18.0 Å². The topological polar surface area (TPSA) is 58.9 Å². The van der Waals surface area contributed by atoms with Crippen LogP contribution in [0.5, 0.6) is 0 Å². The third-order valence-electron chi connectivity index (χ3n) is 3.90. The first-order valence-corrected chi connectivity index (χ1v) is 6.60. The smallest absolute Gasteiger partial charge is 0.270 e. The molecule has 4 heteroatoms. The minimum Gasteiger partial charge on any atom is -0.361 e. The highest BCUT2D eigenvalue weighted by Crippen LogP contribution is 2.34. The van der Waals surface area contributed by atoms with Gasteiger partial charge in [-0.1, -0.05) is 13.0 Å². The van der Waals surface area contributed by atoms with E-state index in [0.29, 0.717) is 0 Å². The van der Waals surface area contributed by atoms with E-state index in [-0.39, 0.29) is 10.6 Å². The standard InChI is InChI=1S/C15H16N2O2/c1-10-2-4-11(5-3-10)14-9-16-15-7-6-12(17(18)19)8-13(14)15/h4,6-10,16H,2-3,5H2,1H3. The van der Waals surface area contributed by atoms with Crippen LogP contribution in [0.4, 0.5) is 5.69 Å². The van der Waals surface area contributed by atoms with Crippen LogP contribution in [0.1, 0.15) is 31.7 Å². The van der Waals surface area contributed by atoms with Crippen LogP contribution in [0.2, 0.25) is 0 Å². The number of aromatic nitrogens is 1. The first-order chi connectivity index (χ1) is 9.15. The minimum absolute atomic E-state index is 0.151. The molecule has 0 fully saturated rings. The van der Waals surface area contributed by atoms with Crippen LogP contribution >= 0.6 is 0 Å². The predicted molar refractivity (Wildman–Crippen MR) is 75.9 cm³/mol. The summed E-state index contributed by atoms with van der Waals surface area (Å²) in [6.45, 7) is 2.26. The Kier molecular flexibility index (Phi) is 2.85. The number of H-pyrrole nitrogens is 1. The second-order valence-electron chi connectivity index (χ2n) is 5.30. The average molecular weight is 256 g/mol. The molecule has 2 aromatic rings. The number of fused-ring (bicyclic) bond motifs is 1. The molecule has 0 radical (unpaired) electrons. The molecule has 3 rings (SSSR count). The number of hydrogen-bond acceptors (Lipinski definition) is 2. The van der Waals surface area contributed by atoms with E-state index >= 15 is 0 Å². The Morgan fingerprint density at radius 3 is 2.95 bits per heavy atom. The second kappa shape index (κ2) is 4.53. The molecule has 1 N–H and O–H groups in total. The van der Waals surface area contributed by atoms with E-state index < -0.39 is 0 Å². The molecule has 98 valence electrons. The van der Waals surface area contributed by atoms with Crippen LogP contribution in [0, 0.1) is 16.0 Å². The van der Waals surface area contributed by atoms with E-state index in [1.807, 2.05) is 6.20 Å². The lowest BCUT2D eigenvalue weighted by Crippen LogP contribution is -2.00. The minimum atomic E-state index is -0.340. The maximum absolute atomic E-state index is 10.9. The number of nitro benzene ring substituents is 1. The van der Waals surface area contributed by atoms with Crippen LogP contribution in [0.3, 0.4) is 0 Å². The van der Waals surface area contributed by atoms with Gasteiger partial charge < -0.3 is 4.98 Å². The van der Waals surface area contributed by atoms with E-state index in [4.69, 9.17) is 0 Å². The summed E-state index contributed by atoms with van der Waals surface area (Å²) in [4.78, 5) is 13.7. The highest BCUT2D eigenvalue weighted by Gasteiger charge is 2.16. The van der Waals surface area contributed by atoms with E-state index in [1.54, 1.807) is 18.2 Å². The molecular formula is C15H16N2O2. The van der Waals surface area contributed by atoms with Crippen molar-refractivity contribution in [2.24, 2.45) is 5.92 Å². The first-order valence-electron chi connectivity index (χ1n) is 6.60. The highest BCUT2D eigenvalue weighted by atomic mass is 16.6. The van der Waals surface area contributed by atoms with Gasteiger partial charge in [-0.15, -0.1) is 0 Å². The van der Waals surface area contributed by atoms with Gasteiger partial charge in [-0.25, -0.2) is 0 Å². The van der Waals surface area contributed by atoms with Gasteiger partial charge in [0.1, 0.15) is 0 Å². The second-order valence-corrected chi connectivity index (χ2v) is 5.30. The number of benzene rings is 1. The van der Waals surface area contributed by atoms with E-state index in [1.165, 1.54) is 12.0 Å². The first kappa shape index (κ1) is 12.0. The maximum Gasteiger partial charge on any atom is 0.270 e. The van der Waals surface area contributed by atoms with Crippen molar-refractivity contribution in [3.8, 4) is 0 Å². The summed E-state index contributed by atoms with van der Waals surface area (Å²) in [5.41, 5.74) is 3.54. The van der Waals surface area contributed by atoms with Gasteiger partial charge in [0.15, 0.2) is 0 Å². The number of nitrogens with zero attached hydrogens (tertiary/aromatic N) is 1. The van der Waals surface area contributed by atoms with Gasteiger partial charge in [0.2, 0.25) is 0 Å². The van der Waals surface area contributed by atoms with Crippen molar-refractivity contribution >= 4 is 22.2 Å². The third kappa shape index (κ3) is 2.14.